The number of carbonyl (C=O) groups is 1. The number of amides is 1. The zero-order chi connectivity index (χ0) is 19.3. The van der Waals surface area contributed by atoms with Gasteiger partial charge in [0.15, 0.2) is 11.7 Å². The van der Waals surface area contributed by atoms with Gasteiger partial charge in [-0.1, -0.05) is 12.1 Å². The summed E-state index contributed by atoms with van der Waals surface area (Å²) in [5, 5.41) is 2.79. The lowest BCUT2D eigenvalue weighted by Crippen LogP contribution is -3.15. The number of nitrogens with zero attached hydrogens (tertiary/aromatic N) is 2. The zero-order valence-corrected chi connectivity index (χ0v) is 15.1. The third-order valence-electron chi connectivity index (χ3n) is 3.90. The molecule has 1 aromatic carbocycles. The number of hydrogen-bond acceptors (Lipinski definition) is 5. The summed E-state index contributed by atoms with van der Waals surface area (Å²) in [6.45, 7) is 3.09. The molecule has 144 valence electrons. The lowest BCUT2D eigenvalue weighted by Gasteiger charge is -2.23. The molecule has 10 heteroatoms. The highest BCUT2D eigenvalue weighted by Gasteiger charge is 2.32. The Morgan fingerprint density at radius 1 is 1.22 bits per heavy atom. The first-order chi connectivity index (χ1) is 12.9. The van der Waals surface area contributed by atoms with Crippen LogP contribution in [0.4, 0.5) is 18.9 Å². The molecule has 0 bridgehead atoms. The van der Waals surface area contributed by atoms with Gasteiger partial charge in [0.25, 0.3) is 5.91 Å². The van der Waals surface area contributed by atoms with Gasteiger partial charge in [-0.15, -0.1) is 0 Å². The standard InChI is InChI=1S/C17H17F3N4O2S/c18-17(19,20)14-5-6-21-16(23-14)27-13-4-2-1-3-12(13)22-15(25)11-24-7-9-26-10-8-24/h1-6H,7-11H2,(H,22,25)/p+1. The van der Waals surface area contributed by atoms with Crippen molar-refractivity contribution in [1.29, 1.82) is 0 Å². The molecule has 3 rings (SSSR count). The minimum absolute atomic E-state index is 0.0367. The van der Waals surface area contributed by atoms with Gasteiger partial charge >= 0.3 is 6.18 Å². The number of quaternary nitrogens is 1. The van der Waals surface area contributed by atoms with E-state index in [1.54, 1.807) is 24.3 Å². The summed E-state index contributed by atoms with van der Waals surface area (Å²) in [4.78, 5) is 21.4. The number of nitrogens with one attached hydrogen (secondary N) is 2. The first kappa shape index (κ1) is 19.6. The number of aromatic nitrogens is 2. The van der Waals surface area contributed by atoms with E-state index in [0.29, 0.717) is 30.3 Å². The maximum Gasteiger partial charge on any atom is 0.433 e. The molecule has 27 heavy (non-hydrogen) atoms. The van der Waals surface area contributed by atoms with Gasteiger partial charge in [0.2, 0.25) is 0 Å². The van der Waals surface area contributed by atoms with E-state index in [4.69, 9.17) is 4.74 Å². The van der Waals surface area contributed by atoms with E-state index >= 15 is 0 Å². The highest BCUT2D eigenvalue weighted by atomic mass is 32.2. The summed E-state index contributed by atoms with van der Waals surface area (Å²) in [5.74, 6) is -0.162. The number of para-hydroxylation sites is 1. The smallest absolute Gasteiger partial charge is 0.370 e. The first-order valence-corrected chi connectivity index (χ1v) is 9.12. The van der Waals surface area contributed by atoms with Crippen molar-refractivity contribution in [2.45, 2.75) is 16.2 Å². The van der Waals surface area contributed by atoms with Gasteiger partial charge in [-0.3, -0.25) is 4.79 Å². The quantitative estimate of drug-likeness (QED) is 0.746. The summed E-state index contributed by atoms with van der Waals surface area (Å²) >= 11 is 0.969. The van der Waals surface area contributed by atoms with E-state index < -0.39 is 11.9 Å². The van der Waals surface area contributed by atoms with E-state index in [9.17, 15) is 18.0 Å². The minimum atomic E-state index is -4.53. The molecule has 0 spiro atoms. The normalized spacial score (nSPS) is 15.5. The Bertz CT molecular complexity index is 798. The van der Waals surface area contributed by atoms with Gasteiger partial charge in [0.1, 0.15) is 18.8 Å². The van der Waals surface area contributed by atoms with Gasteiger partial charge in [-0.25, -0.2) is 9.97 Å². The molecule has 0 radical (unpaired) electrons. The Kier molecular flexibility index (Phi) is 6.30. The van der Waals surface area contributed by atoms with Crippen molar-refractivity contribution >= 4 is 23.4 Å². The van der Waals surface area contributed by atoms with Crippen LogP contribution in [0.2, 0.25) is 0 Å². The Hall–Kier alpha value is -2.17. The van der Waals surface area contributed by atoms with Crippen LogP contribution < -0.4 is 10.2 Å². The Labute approximate surface area is 158 Å². The van der Waals surface area contributed by atoms with Crippen molar-refractivity contribution in [3.8, 4) is 0 Å². The first-order valence-electron chi connectivity index (χ1n) is 8.30. The topological polar surface area (TPSA) is 68.6 Å². The van der Waals surface area contributed by atoms with Crippen molar-refractivity contribution < 1.29 is 27.6 Å². The second-order valence-electron chi connectivity index (χ2n) is 5.91. The molecule has 2 aromatic rings. The Balaban J connectivity index is 1.69. The van der Waals surface area contributed by atoms with Crippen LogP contribution in [0, 0.1) is 0 Å². The second-order valence-corrected chi connectivity index (χ2v) is 6.92. The van der Waals surface area contributed by atoms with E-state index in [1.807, 2.05) is 0 Å². The molecule has 2 N–H and O–H groups in total. The molecule has 0 atom stereocenters. The summed E-state index contributed by atoms with van der Waals surface area (Å²) in [6, 6.07) is 7.70. The average Bonchev–Trinajstić information content (AvgIpc) is 2.64. The van der Waals surface area contributed by atoms with Crippen LogP contribution in [-0.2, 0) is 15.7 Å². The van der Waals surface area contributed by atoms with Crippen LogP contribution >= 0.6 is 11.8 Å². The number of ether oxygens (including phenoxy) is 1. The number of hydrogen-bond donors (Lipinski definition) is 2. The molecule has 1 aliphatic rings. The maximum absolute atomic E-state index is 12.8. The predicted molar refractivity (Wildman–Crippen MR) is 92.6 cm³/mol. The van der Waals surface area contributed by atoms with Crippen LogP contribution in [0.1, 0.15) is 5.69 Å². The minimum Gasteiger partial charge on any atom is -0.370 e. The average molecular weight is 399 g/mol. The third-order valence-corrected chi connectivity index (χ3v) is 4.85. The fourth-order valence-electron chi connectivity index (χ4n) is 2.56. The molecule has 0 saturated carbocycles. The molecule has 0 unspecified atom stereocenters. The van der Waals surface area contributed by atoms with Gasteiger partial charge in [0.05, 0.1) is 18.9 Å². The summed E-state index contributed by atoms with van der Waals surface area (Å²) in [5.41, 5.74) is -0.487. The molecular formula is C17H18F3N4O2S+. The molecule has 0 aliphatic carbocycles. The fraction of sp³-hybridized carbons (Fsp3) is 0.353. The number of anilines is 1. The number of alkyl halides is 3. The molecule has 2 heterocycles. The largest absolute Gasteiger partial charge is 0.433 e. The molecule has 1 saturated heterocycles. The van der Waals surface area contributed by atoms with Gasteiger partial charge in [0, 0.05) is 11.1 Å². The Morgan fingerprint density at radius 3 is 2.70 bits per heavy atom. The number of halogens is 3. The second kappa shape index (κ2) is 8.68. The highest BCUT2D eigenvalue weighted by molar-refractivity contribution is 7.99. The van der Waals surface area contributed by atoms with Crippen molar-refractivity contribution in [2.24, 2.45) is 0 Å². The molecule has 1 aliphatic heterocycles. The number of morpholine rings is 1. The maximum atomic E-state index is 12.8. The van der Waals surface area contributed by atoms with Crippen LogP contribution in [-0.4, -0.2) is 48.7 Å². The SMILES string of the molecule is O=C(C[NH+]1CCOCC1)Nc1ccccc1Sc1nccc(C(F)(F)F)n1. The highest BCUT2D eigenvalue weighted by Crippen LogP contribution is 2.33. The van der Waals surface area contributed by atoms with E-state index in [-0.39, 0.29) is 11.1 Å². The van der Waals surface area contributed by atoms with E-state index in [1.165, 1.54) is 0 Å². The molecule has 6 nitrogen and oxygen atoms in total. The molecule has 1 aromatic heterocycles. The van der Waals surface area contributed by atoms with Crippen LogP contribution in [0.5, 0.6) is 0 Å². The predicted octanol–water partition coefficient (Wildman–Crippen LogP) is 1.50. The third kappa shape index (κ3) is 5.65. The molecule has 1 fully saturated rings. The number of rotatable bonds is 5. The van der Waals surface area contributed by atoms with Crippen LogP contribution in [0.25, 0.3) is 0 Å². The number of benzene rings is 1. The molecule has 1 amide bonds. The molecular weight excluding hydrogens is 381 g/mol. The lowest BCUT2D eigenvalue weighted by molar-refractivity contribution is -0.899. The summed E-state index contributed by atoms with van der Waals surface area (Å²) < 4.78 is 43.7. The van der Waals surface area contributed by atoms with Crippen molar-refractivity contribution in [3.63, 3.8) is 0 Å². The van der Waals surface area contributed by atoms with E-state index in [0.717, 1.165) is 42.0 Å². The monoisotopic (exact) mass is 399 g/mol. The van der Waals surface area contributed by atoms with Crippen molar-refractivity contribution in [3.05, 3.63) is 42.2 Å². The fourth-order valence-corrected chi connectivity index (χ4v) is 3.39. The van der Waals surface area contributed by atoms with Gasteiger partial charge in [-0.2, -0.15) is 13.2 Å². The van der Waals surface area contributed by atoms with Gasteiger partial charge < -0.3 is 15.0 Å². The van der Waals surface area contributed by atoms with Crippen LogP contribution in [0.15, 0.2) is 46.6 Å². The van der Waals surface area contributed by atoms with Crippen molar-refractivity contribution in [2.75, 3.05) is 38.2 Å². The summed E-state index contributed by atoms with van der Waals surface area (Å²) in [7, 11) is 0. The summed E-state index contributed by atoms with van der Waals surface area (Å²) in [6.07, 6.45) is -3.46. The van der Waals surface area contributed by atoms with Crippen molar-refractivity contribution in [1.82, 2.24) is 9.97 Å². The zero-order valence-electron chi connectivity index (χ0n) is 14.3. The Morgan fingerprint density at radius 2 is 1.96 bits per heavy atom. The van der Waals surface area contributed by atoms with Crippen LogP contribution in [0.3, 0.4) is 0 Å². The number of carbonyl (C=O) groups excluding carboxylic acids is 1. The van der Waals surface area contributed by atoms with Gasteiger partial charge in [-0.05, 0) is 30.0 Å². The van der Waals surface area contributed by atoms with E-state index in [2.05, 4.69) is 15.3 Å². The lowest BCUT2D eigenvalue weighted by atomic mass is 10.3.